The van der Waals surface area contributed by atoms with Crippen molar-refractivity contribution in [3.05, 3.63) is 29.8 Å². The van der Waals surface area contributed by atoms with Crippen LogP contribution in [0.25, 0.3) is 0 Å². The maximum absolute atomic E-state index is 3.26. The third-order valence-electron chi connectivity index (χ3n) is 1.46. The predicted molar refractivity (Wildman–Crippen MR) is 40.5 cm³/mol. The Bertz CT molecular complexity index is 199. The monoisotopic (exact) mass is 138 g/mol. The second-order valence-corrected chi connectivity index (χ2v) is 3.10. The zero-order chi connectivity index (χ0) is 6.10. The molecule has 9 heavy (non-hydrogen) atoms. The van der Waals surface area contributed by atoms with Gasteiger partial charge < -0.3 is 0 Å². The molecule has 2 heteroatoms. The van der Waals surface area contributed by atoms with Crippen LogP contribution in [0.5, 0.6) is 0 Å². The van der Waals surface area contributed by atoms with Crippen LogP contribution in [-0.2, 0) is 6.54 Å². The fraction of sp³-hybridized carbons (Fsp3) is 0.143. The second kappa shape index (κ2) is 2.05. The van der Waals surface area contributed by atoms with Crippen molar-refractivity contribution in [2.75, 3.05) is 0 Å². The SMILES string of the molecule is c1ccc2c(c1)CN[SH]2. The van der Waals surface area contributed by atoms with Gasteiger partial charge in [-0.1, -0.05) is 18.2 Å². The van der Waals surface area contributed by atoms with Gasteiger partial charge >= 0.3 is 0 Å². The van der Waals surface area contributed by atoms with Crippen LogP contribution in [0, 0.1) is 0 Å². The summed E-state index contributed by atoms with van der Waals surface area (Å²) in [5.74, 6) is 0. The first-order valence-electron chi connectivity index (χ1n) is 2.98. The number of rotatable bonds is 0. The van der Waals surface area contributed by atoms with Gasteiger partial charge in [-0.15, -0.1) is 11.9 Å². The standard InChI is InChI=1S/C7H8NS/c1-2-4-7-6(3-1)5-8-9-7/h1-4,8-9H,5H2. The largest absolute Gasteiger partial charge is 0.267 e. The number of hydrogen-bond acceptors (Lipinski definition) is 1. The summed E-state index contributed by atoms with van der Waals surface area (Å²) in [5, 5.41) is 0. The fourth-order valence-corrected chi connectivity index (χ4v) is 1.86. The van der Waals surface area contributed by atoms with Gasteiger partial charge in [0.2, 0.25) is 0 Å². The molecule has 0 bridgehead atoms. The lowest BCUT2D eigenvalue weighted by Gasteiger charge is -1.91. The Kier molecular flexibility index (Phi) is 1.21. The van der Waals surface area contributed by atoms with Crippen LogP contribution in [0.2, 0.25) is 0 Å². The van der Waals surface area contributed by atoms with E-state index in [2.05, 4.69) is 29.0 Å². The Morgan fingerprint density at radius 3 is 3.11 bits per heavy atom. The molecule has 0 unspecified atom stereocenters. The first-order chi connectivity index (χ1) is 4.47. The second-order valence-electron chi connectivity index (χ2n) is 2.08. The van der Waals surface area contributed by atoms with Crippen molar-refractivity contribution in [1.29, 1.82) is 0 Å². The fourth-order valence-electron chi connectivity index (χ4n) is 0.979. The van der Waals surface area contributed by atoms with E-state index in [0.29, 0.717) is 0 Å². The highest BCUT2D eigenvalue weighted by Crippen LogP contribution is 2.25. The van der Waals surface area contributed by atoms with Crippen molar-refractivity contribution < 1.29 is 0 Å². The van der Waals surface area contributed by atoms with Crippen LogP contribution in [0.15, 0.2) is 29.2 Å². The molecule has 1 aromatic rings. The molecule has 1 heterocycles. The summed E-state index contributed by atoms with van der Waals surface area (Å²) >= 11 is 1.27. The number of nitrogens with one attached hydrogen (secondary N) is 1. The average molecular weight is 138 g/mol. The van der Waals surface area contributed by atoms with Crippen LogP contribution < -0.4 is 4.72 Å². The molecule has 1 radical (unpaired) electrons. The molecule has 0 saturated carbocycles. The lowest BCUT2D eigenvalue weighted by molar-refractivity contribution is 0.994. The first-order valence-corrected chi connectivity index (χ1v) is 3.88. The van der Waals surface area contributed by atoms with Gasteiger partial charge in [-0.2, -0.15) is 0 Å². The van der Waals surface area contributed by atoms with Crippen LogP contribution in [0.4, 0.5) is 0 Å². The van der Waals surface area contributed by atoms with Crippen molar-refractivity contribution in [3.63, 3.8) is 0 Å². The van der Waals surface area contributed by atoms with Crippen LogP contribution in [0.1, 0.15) is 5.56 Å². The molecule has 2 rings (SSSR count). The third-order valence-corrected chi connectivity index (χ3v) is 2.45. The minimum atomic E-state index is 1.04. The molecule has 1 aliphatic rings. The van der Waals surface area contributed by atoms with Crippen molar-refractivity contribution in [2.24, 2.45) is 0 Å². The van der Waals surface area contributed by atoms with E-state index in [0.717, 1.165) is 6.54 Å². The molecule has 0 aliphatic carbocycles. The van der Waals surface area contributed by atoms with E-state index >= 15 is 0 Å². The van der Waals surface area contributed by atoms with Gasteiger partial charge in [0, 0.05) is 11.4 Å². The Labute approximate surface area is 58.6 Å². The number of fused-ring (bicyclic) bond motifs is 1. The third kappa shape index (κ3) is 0.843. The molecular formula is C7H8NS. The maximum atomic E-state index is 3.26. The highest BCUT2D eigenvalue weighted by molar-refractivity contribution is 7.97. The highest BCUT2D eigenvalue weighted by Gasteiger charge is 2.05. The number of thiol groups is 1. The van der Waals surface area contributed by atoms with Gasteiger partial charge in [0.05, 0.1) is 0 Å². The van der Waals surface area contributed by atoms with Crippen LogP contribution >= 0.6 is 11.9 Å². The van der Waals surface area contributed by atoms with Gasteiger partial charge in [-0.05, 0) is 11.6 Å². The average Bonchev–Trinajstić information content (AvgIpc) is 2.33. The molecular weight excluding hydrogens is 130 g/mol. The minimum absolute atomic E-state index is 1.04. The summed E-state index contributed by atoms with van der Waals surface area (Å²) in [6.45, 7) is 1.04. The van der Waals surface area contributed by atoms with Crippen molar-refractivity contribution in [1.82, 2.24) is 4.72 Å². The van der Waals surface area contributed by atoms with E-state index < -0.39 is 0 Å². The molecule has 0 fully saturated rings. The van der Waals surface area contributed by atoms with Gasteiger partial charge in [0.25, 0.3) is 0 Å². The van der Waals surface area contributed by atoms with E-state index in [1.165, 1.54) is 22.4 Å². The van der Waals surface area contributed by atoms with Crippen LogP contribution in [-0.4, -0.2) is 0 Å². The smallest absolute Gasteiger partial charge is 0.0314 e. The van der Waals surface area contributed by atoms with Crippen molar-refractivity contribution >= 4 is 11.9 Å². The minimum Gasteiger partial charge on any atom is -0.267 e. The van der Waals surface area contributed by atoms with E-state index in [1.54, 1.807) is 0 Å². The van der Waals surface area contributed by atoms with Crippen molar-refractivity contribution in [2.45, 2.75) is 11.4 Å². The predicted octanol–water partition coefficient (Wildman–Crippen LogP) is 1.53. The summed E-state index contributed by atoms with van der Waals surface area (Å²) in [5.41, 5.74) is 1.44. The molecule has 0 spiro atoms. The van der Waals surface area contributed by atoms with Crippen molar-refractivity contribution in [3.8, 4) is 0 Å². The molecule has 0 saturated heterocycles. The molecule has 1 aliphatic heterocycles. The van der Waals surface area contributed by atoms with Gasteiger partial charge in [0.1, 0.15) is 0 Å². The Morgan fingerprint density at radius 1 is 1.33 bits per heavy atom. The lowest BCUT2D eigenvalue weighted by Crippen LogP contribution is -1.90. The summed E-state index contributed by atoms with van der Waals surface area (Å²) in [6.07, 6.45) is 0. The molecule has 47 valence electrons. The summed E-state index contributed by atoms with van der Waals surface area (Å²) in [6, 6.07) is 8.50. The normalized spacial score (nSPS) is 15.6. The lowest BCUT2D eigenvalue weighted by atomic mass is 10.2. The first kappa shape index (κ1) is 5.33. The molecule has 1 nitrogen and oxygen atoms in total. The summed E-state index contributed by atoms with van der Waals surface area (Å²) in [4.78, 5) is 1.43. The Hall–Kier alpha value is -0.470. The topological polar surface area (TPSA) is 12.0 Å². The van der Waals surface area contributed by atoms with E-state index in [9.17, 15) is 0 Å². The quantitative estimate of drug-likeness (QED) is 0.518. The van der Waals surface area contributed by atoms with Gasteiger partial charge in [-0.25, -0.2) is 0 Å². The van der Waals surface area contributed by atoms with Crippen LogP contribution in [0.3, 0.4) is 0 Å². The number of hydrogen-bond donors (Lipinski definition) is 2. The van der Waals surface area contributed by atoms with Gasteiger partial charge in [0.15, 0.2) is 0 Å². The van der Waals surface area contributed by atoms with Gasteiger partial charge in [-0.3, -0.25) is 4.72 Å². The molecule has 0 amide bonds. The Balaban J connectivity index is 2.54. The summed E-state index contributed by atoms with van der Waals surface area (Å²) < 4.78 is 3.26. The molecule has 1 N–H and O–H groups in total. The number of benzene rings is 1. The van der Waals surface area contributed by atoms with E-state index in [1.807, 2.05) is 0 Å². The van der Waals surface area contributed by atoms with E-state index in [4.69, 9.17) is 0 Å². The van der Waals surface area contributed by atoms with E-state index in [-0.39, 0.29) is 0 Å². The molecule has 0 aromatic heterocycles. The highest BCUT2D eigenvalue weighted by atomic mass is 32.2. The zero-order valence-electron chi connectivity index (χ0n) is 4.96. The maximum Gasteiger partial charge on any atom is 0.0314 e. The molecule has 0 atom stereocenters. The Morgan fingerprint density at radius 2 is 2.22 bits per heavy atom. The molecule has 1 aromatic carbocycles. The summed E-state index contributed by atoms with van der Waals surface area (Å²) in [7, 11) is 0. The zero-order valence-corrected chi connectivity index (χ0v) is 5.86.